The predicted molar refractivity (Wildman–Crippen MR) is 97.0 cm³/mol. The largest absolute Gasteiger partial charge is 0.497 e. The highest BCUT2D eigenvalue weighted by atomic mass is 16.5. The van der Waals surface area contributed by atoms with Crippen LogP contribution in [0.4, 0.5) is 0 Å². The Labute approximate surface area is 158 Å². The maximum atomic E-state index is 12.2. The van der Waals surface area contributed by atoms with Crippen LogP contribution in [0.25, 0.3) is 0 Å². The van der Waals surface area contributed by atoms with Crippen molar-refractivity contribution in [3.8, 4) is 11.5 Å². The van der Waals surface area contributed by atoms with Crippen LogP contribution in [0.1, 0.15) is 32.6 Å². The number of hydrogen-bond donors (Lipinski definition) is 3. The van der Waals surface area contributed by atoms with Crippen molar-refractivity contribution in [1.29, 1.82) is 0 Å². The van der Waals surface area contributed by atoms with Gasteiger partial charge in [-0.25, -0.2) is 5.06 Å². The lowest BCUT2D eigenvalue weighted by Crippen LogP contribution is -2.48. The number of carbonyl (C=O) groups excluding carboxylic acids is 3. The second-order valence-corrected chi connectivity index (χ2v) is 5.92. The van der Waals surface area contributed by atoms with Crippen molar-refractivity contribution in [3.05, 3.63) is 24.3 Å². The normalized spacial score (nSPS) is 11.2. The molecular formula is C18H27N3O6. The van der Waals surface area contributed by atoms with Gasteiger partial charge in [-0.3, -0.25) is 30.4 Å². The van der Waals surface area contributed by atoms with Gasteiger partial charge in [-0.15, -0.1) is 0 Å². The first-order valence-corrected chi connectivity index (χ1v) is 8.76. The summed E-state index contributed by atoms with van der Waals surface area (Å²) in [5.41, 5.74) is 4.56. The standard InChI is InChI=1S/C18H27N3O6/c1-3-4-5-6-14(11-21(25)13-22)18(24)20-19-17(23)12-27-16-9-7-15(26-2)8-10-16/h7-10,13-14,25H,3-6,11-12H2,1-2H3,(H,19,23)(H,20,24)/t14-/m1/s1. The van der Waals surface area contributed by atoms with Gasteiger partial charge in [0.25, 0.3) is 5.91 Å². The lowest BCUT2D eigenvalue weighted by Gasteiger charge is -2.19. The number of hydrogen-bond acceptors (Lipinski definition) is 6. The molecule has 9 heteroatoms. The fourth-order valence-corrected chi connectivity index (χ4v) is 2.31. The summed E-state index contributed by atoms with van der Waals surface area (Å²) in [6, 6.07) is 6.71. The van der Waals surface area contributed by atoms with Crippen LogP contribution in [0.15, 0.2) is 24.3 Å². The van der Waals surface area contributed by atoms with Crippen molar-refractivity contribution in [2.45, 2.75) is 32.6 Å². The molecule has 150 valence electrons. The molecule has 0 bridgehead atoms. The van der Waals surface area contributed by atoms with Gasteiger partial charge < -0.3 is 9.47 Å². The van der Waals surface area contributed by atoms with Crippen molar-refractivity contribution in [1.82, 2.24) is 15.9 Å². The van der Waals surface area contributed by atoms with E-state index in [9.17, 15) is 19.6 Å². The van der Waals surface area contributed by atoms with Gasteiger partial charge in [-0.05, 0) is 30.7 Å². The molecule has 0 saturated heterocycles. The second-order valence-electron chi connectivity index (χ2n) is 5.92. The van der Waals surface area contributed by atoms with Crippen molar-refractivity contribution < 1.29 is 29.1 Å². The molecule has 0 heterocycles. The number of amides is 3. The second kappa shape index (κ2) is 12.5. The number of hydrazine groups is 1. The Morgan fingerprint density at radius 3 is 2.44 bits per heavy atom. The van der Waals surface area contributed by atoms with E-state index in [2.05, 4.69) is 10.9 Å². The van der Waals surface area contributed by atoms with E-state index in [0.29, 0.717) is 23.0 Å². The Bertz CT molecular complexity index is 593. The smallest absolute Gasteiger partial charge is 0.276 e. The molecule has 0 spiro atoms. The van der Waals surface area contributed by atoms with Crippen LogP contribution in [0.2, 0.25) is 0 Å². The molecular weight excluding hydrogens is 354 g/mol. The number of unbranched alkanes of at least 4 members (excludes halogenated alkanes) is 2. The zero-order valence-corrected chi connectivity index (χ0v) is 15.6. The average Bonchev–Trinajstić information content (AvgIpc) is 2.69. The summed E-state index contributed by atoms with van der Waals surface area (Å²) in [6.07, 6.45) is 3.41. The van der Waals surface area contributed by atoms with Crippen molar-refractivity contribution >= 4 is 18.2 Å². The summed E-state index contributed by atoms with van der Waals surface area (Å²) in [6.45, 7) is 1.60. The van der Waals surface area contributed by atoms with E-state index < -0.39 is 17.7 Å². The molecule has 1 aromatic rings. The van der Waals surface area contributed by atoms with E-state index in [1.807, 2.05) is 6.92 Å². The average molecular weight is 381 g/mol. The highest BCUT2D eigenvalue weighted by Gasteiger charge is 2.21. The Kier molecular flexibility index (Phi) is 10.3. The summed E-state index contributed by atoms with van der Waals surface area (Å²) in [4.78, 5) is 34.6. The van der Waals surface area contributed by atoms with Crippen LogP contribution < -0.4 is 20.3 Å². The molecule has 0 fully saturated rings. The molecule has 0 aliphatic rings. The highest BCUT2D eigenvalue weighted by molar-refractivity contribution is 5.84. The molecule has 0 aromatic heterocycles. The van der Waals surface area contributed by atoms with Crippen LogP contribution in [0.5, 0.6) is 11.5 Å². The Morgan fingerprint density at radius 1 is 1.19 bits per heavy atom. The summed E-state index contributed by atoms with van der Waals surface area (Å²) in [5, 5.41) is 9.75. The highest BCUT2D eigenvalue weighted by Crippen LogP contribution is 2.16. The fraction of sp³-hybridized carbons (Fsp3) is 0.500. The molecule has 0 radical (unpaired) electrons. The zero-order valence-electron chi connectivity index (χ0n) is 15.6. The Hall–Kier alpha value is -2.81. The molecule has 3 amide bonds. The lowest BCUT2D eigenvalue weighted by atomic mass is 10.0. The van der Waals surface area contributed by atoms with Gasteiger partial charge in [0.1, 0.15) is 11.5 Å². The number of methoxy groups -OCH3 is 1. The molecule has 0 unspecified atom stereocenters. The number of nitrogens with one attached hydrogen (secondary N) is 2. The third kappa shape index (κ3) is 8.91. The number of ether oxygens (including phenoxy) is 2. The molecule has 9 nitrogen and oxygen atoms in total. The first-order valence-electron chi connectivity index (χ1n) is 8.76. The number of nitrogens with zero attached hydrogens (tertiary/aromatic N) is 1. The maximum Gasteiger partial charge on any atom is 0.276 e. The Morgan fingerprint density at radius 2 is 1.85 bits per heavy atom. The fourth-order valence-electron chi connectivity index (χ4n) is 2.31. The lowest BCUT2D eigenvalue weighted by molar-refractivity contribution is -0.155. The van der Waals surface area contributed by atoms with Gasteiger partial charge in [0.15, 0.2) is 6.61 Å². The first-order chi connectivity index (χ1) is 13.0. The molecule has 27 heavy (non-hydrogen) atoms. The minimum Gasteiger partial charge on any atom is -0.497 e. The molecule has 1 rings (SSSR count). The van der Waals surface area contributed by atoms with E-state index in [4.69, 9.17) is 9.47 Å². The van der Waals surface area contributed by atoms with E-state index in [-0.39, 0.29) is 19.6 Å². The van der Waals surface area contributed by atoms with Gasteiger partial charge in [0.05, 0.1) is 19.6 Å². The third-order valence-corrected chi connectivity index (χ3v) is 3.81. The molecule has 0 saturated carbocycles. The van der Waals surface area contributed by atoms with Crippen LogP contribution in [-0.2, 0) is 14.4 Å². The van der Waals surface area contributed by atoms with Crippen molar-refractivity contribution in [3.63, 3.8) is 0 Å². The number of benzene rings is 1. The number of rotatable bonds is 12. The monoisotopic (exact) mass is 381 g/mol. The van der Waals surface area contributed by atoms with Crippen LogP contribution >= 0.6 is 0 Å². The topological polar surface area (TPSA) is 117 Å². The molecule has 0 aliphatic heterocycles. The SMILES string of the molecule is CCCCC[C@H](CN(O)C=O)C(=O)NNC(=O)COc1ccc(OC)cc1. The van der Waals surface area contributed by atoms with Crippen molar-refractivity contribution in [2.24, 2.45) is 5.92 Å². The summed E-state index contributed by atoms with van der Waals surface area (Å²) in [7, 11) is 1.55. The molecule has 0 aliphatic carbocycles. The van der Waals surface area contributed by atoms with E-state index in [0.717, 1.165) is 19.3 Å². The minimum absolute atomic E-state index is 0.142. The zero-order chi connectivity index (χ0) is 20.1. The van der Waals surface area contributed by atoms with Gasteiger partial charge >= 0.3 is 0 Å². The summed E-state index contributed by atoms with van der Waals surface area (Å²) < 4.78 is 10.3. The van der Waals surface area contributed by atoms with E-state index in [1.54, 1.807) is 31.4 Å². The van der Waals surface area contributed by atoms with Crippen LogP contribution in [0.3, 0.4) is 0 Å². The molecule has 1 aromatic carbocycles. The van der Waals surface area contributed by atoms with Crippen molar-refractivity contribution in [2.75, 3.05) is 20.3 Å². The van der Waals surface area contributed by atoms with Crippen LogP contribution in [0, 0.1) is 5.92 Å². The maximum absolute atomic E-state index is 12.2. The summed E-state index contributed by atoms with van der Waals surface area (Å²) in [5.74, 6) is -0.500. The van der Waals surface area contributed by atoms with Gasteiger partial charge in [-0.2, -0.15) is 0 Å². The summed E-state index contributed by atoms with van der Waals surface area (Å²) >= 11 is 0. The van der Waals surface area contributed by atoms with Crippen LogP contribution in [-0.4, -0.2) is 48.8 Å². The quantitative estimate of drug-likeness (QED) is 0.217. The van der Waals surface area contributed by atoms with Gasteiger partial charge in [-0.1, -0.05) is 26.2 Å². The third-order valence-electron chi connectivity index (χ3n) is 3.81. The first kappa shape index (κ1) is 22.2. The van der Waals surface area contributed by atoms with Gasteiger partial charge in [0.2, 0.25) is 12.3 Å². The predicted octanol–water partition coefficient (Wildman–Crippen LogP) is 1.27. The van der Waals surface area contributed by atoms with Gasteiger partial charge in [0, 0.05) is 0 Å². The molecule has 1 atom stereocenters. The van der Waals surface area contributed by atoms with E-state index >= 15 is 0 Å². The van der Waals surface area contributed by atoms with E-state index in [1.165, 1.54) is 0 Å². The number of carbonyl (C=O) groups is 3. The number of hydroxylamine groups is 2. The Balaban J connectivity index is 2.42. The molecule has 3 N–H and O–H groups in total. The minimum atomic E-state index is -0.630.